The van der Waals surface area contributed by atoms with Crippen LogP contribution in [0.2, 0.25) is 0 Å². The number of carbonyl (C=O) groups excluding carboxylic acids is 1. The van der Waals surface area contributed by atoms with Gasteiger partial charge in [-0.25, -0.2) is 4.79 Å². The second-order valence-electron chi connectivity index (χ2n) is 8.64. The molecule has 170 valence electrons. The molecule has 1 N–H and O–H groups in total. The molecule has 3 heterocycles. The Morgan fingerprint density at radius 1 is 1.23 bits per heavy atom. The van der Waals surface area contributed by atoms with Gasteiger partial charge in [0, 0.05) is 53.9 Å². The van der Waals surface area contributed by atoms with Crippen LogP contribution in [0.25, 0.3) is 11.2 Å². The van der Waals surface area contributed by atoms with Crippen LogP contribution in [0.3, 0.4) is 0 Å². The molecular weight excluding hydrogens is 398 g/mol. The Balaban J connectivity index is 2.01. The molecule has 1 aliphatic rings. The molecule has 0 aliphatic carbocycles. The molecule has 0 radical (unpaired) electrons. The largest absolute Gasteiger partial charge is 0.348 e. The van der Waals surface area contributed by atoms with E-state index in [2.05, 4.69) is 10.2 Å². The van der Waals surface area contributed by atoms with E-state index in [1.165, 1.54) is 11.6 Å². The van der Waals surface area contributed by atoms with Crippen LogP contribution in [0, 0.1) is 0 Å². The van der Waals surface area contributed by atoms with Gasteiger partial charge in [-0.1, -0.05) is 11.6 Å². The van der Waals surface area contributed by atoms with Gasteiger partial charge < -0.3 is 19.7 Å². The van der Waals surface area contributed by atoms with Crippen LogP contribution in [0.15, 0.2) is 21.2 Å². The summed E-state index contributed by atoms with van der Waals surface area (Å²) < 4.78 is 4.45. The highest BCUT2D eigenvalue weighted by Crippen LogP contribution is 2.23. The van der Waals surface area contributed by atoms with Gasteiger partial charge in [-0.2, -0.15) is 4.98 Å². The number of imidazole rings is 1. The second-order valence-corrected chi connectivity index (χ2v) is 8.64. The number of amides is 1. The fourth-order valence-corrected chi connectivity index (χ4v) is 3.84. The molecule has 10 heteroatoms. The first-order valence-corrected chi connectivity index (χ1v) is 10.6. The van der Waals surface area contributed by atoms with Gasteiger partial charge in [0.2, 0.25) is 11.9 Å². The number of anilines is 1. The van der Waals surface area contributed by atoms with E-state index < -0.39 is 5.69 Å². The Labute approximate surface area is 181 Å². The highest BCUT2D eigenvalue weighted by atomic mass is 16.2. The molecule has 1 unspecified atom stereocenters. The van der Waals surface area contributed by atoms with Gasteiger partial charge in [-0.3, -0.25) is 18.7 Å². The van der Waals surface area contributed by atoms with Gasteiger partial charge in [0.05, 0.1) is 6.54 Å². The Bertz CT molecular complexity index is 1120. The average Bonchev–Trinajstić information content (AvgIpc) is 3.12. The summed E-state index contributed by atoms with van der Waals surface area (Å²) in [5, 5.41) is 3.34. The quantitative estimate of drug-likeness (QED) is 0.649. The Kier molecular flexibility index (Phi) is 6.68. The van der Waals surface area contributed by atoms with Crippen molar-refractivity contribution in [1.82, 2.24) is 28.9 Å². The molecule has 0 spiro atoms. The van der Waals surface area contributed by atoms with Crippen LogP contribution >= 0.6 is 0 Å². The molecule has 31 heavy (non-hydrogen) atoms. The van der Waals surface area contributed by atoms with Gasteiger partial charge in [0.25, 0.3) is 5.56 Å². The van der Waals surface area contributed by atoms with Crippen LogP contribution in [0.5, 0.6) is 0 Å². The van der Waals surface area contributed by atoms with Gasteiger partial charge in [-0.05, 0) is 26.7 Å². The van der Waals surface area contributed by atoms with Crippen LogP contribution in [-0.4, -0.2) is 69.3 Å². The molecule has 1 atom stereocenters. The number of aromatic nitrogens is 4. The van der Waals surface area contributed by atoms with Gasteiger partial charge in [-0.15, -0.1) is 0 Å². The predicted molar refractivity (Wildman–Crippen MR) is 122 cm³/mol. The molecular formula is C21H33N7O3. The van der Waals surface area contributed by atoms with E-state index >= 15 is 0 Å². The van der Waals surface area contributed by atoms with Gasteiger partial charge >= 0.3 is 5.69 Å². The predicted octanol–water partition coefficient (Wildman–Crippen LogP) is 0.0465. The number of carbonyl (C=O) groups is 1. The van der Waals surface area contributed by atoms with Gasteiger partial charge in [0.15, 0.2) is 11.2 Å². The van der Waals surface area contributed by atoms with Crippen molar-refractivity contribution in [3.63, 3.8) is 0 Å². The lowest BCUT2D eigenvalue weighted by molar-refractivity contribution is -0.127. The van der Waals surface area contributed by atoms with Crippen LogP contribution in [0.1, 0.15) is 26.7 Å². The molecule has 1 saturated heterocycles. The lowest BCUT2D eigenvalue weighted by atomic mass is 10.1. The molecule has 10 nitrogen and oxygen atoms in total. The van der Waals surface area contributed by atoms with Crippen LogP contribution in [-0.2, 0) is 25.4 Å². The maximum Gasteiger partial charge on any atom is 0.332 e. The molecule has 1 amide bonds. The van der Waals surface area contributed by atoms with E-state index in [0.717, 1.165) is 29.5 Å². The van der Waals surface area contributed by atoms with E-state index in [1.807, 2.05) is 24.5 Å². The summed E-state index contributed by atoms with van der Waals surface area (Å²) in [7, 11) is 6.62. The van der Waals surface area contributed by atoms with Crippen molar-refractivity contribution in [1.29, 1.82) is 0 Å². The highest BCUT2D eigenvalue weighted by molar-refractivity contribution is 5.77. The second kappa shape index (κ2) is 9.09. The maximum atomic E-state index is 13.0. The SMILES string of the molecule is CC(C)=CCn1c(N2CCCC(NCC(=O)N(C)C)C2)nc2c1c(=O)n(C)c(=O)n2C. The Morgan fingerprint density at radius 3 is 2.58 bits per heavy atom. The van der Waals surface area contributed by atoms with Crippen molar-refractivity contribution in [2.45, 2.75) is 39.3 Å². The van der Waals surface area contributed by atoms with E-state index in [4.69, 9.17) is 4.98 Å². The third-order valence-corrected chi connectivity index (χ3v) is 5.75. The number of allylic oxidation sites excluding steroid dienone is 2. The standard InChI is InChI=1S/C21H33N7O3/c1-14(2)9-11-28-17-18(25(5)21(31)26(6)19(17)30)23-20(28)27-10-7-8-15(13-27)22-12-16(29)24(3)4/h9,15,22H,7-8,10-13H2,1-6H3. The van der Waals surface area contributed by atoms with Crippen molar-refractivity contribution in [3.8, 4) is 0 Å². The zero-order valence-electron chi connectivity index (χ0n) is 19.3. The number of hydrogen-bond donors (Lipinski definition) is 1. The van der Waals surface area contributed by atoms with Crippen LogP contribution < -0.4 is 21.5 Å². The fraction of sp³-hybridized carbons (Fsp3) is 0.619. The number of nitrogens with one attached hydrogen (secondary N) is 1. The van der Waals surface area contributed by atoms with Crippen LogP contribution in [0.4, 0.5) is 5.95 Å². The number of nitrogens with zero attached hydrogens (tertiary/aromatic N) is 6. The van der Waals surface area contributed by atoms with Crippen molar-refractivity contribution < 1.29 is 4.79 Å². The Hall–Kier alpha value is -2.88. The van der Waals surface area contributed by atoms with E-state index in [1.54, 1.807) is 26.0 Å². The molecule has 1 fully saturated rings. The first kappa shape index (κ1) is 22.8. The van der Waals surface area contributed by atoms with Gasteiger partial charge in [0.1, 0.15) is 0 Å². The zero-order chi connectivity index (χ0) is 22.9. The molecule has 0 saturated carbocycles. The van der Waals surface area contributed by atoms with E-state index in [9.17, 15) is 14.4 Å². The van der Waals surface area contributed by atoms with Crippen molar-refractivity contribution in [2.24, 2.45) is 14.1 Å². The third-order valence-electron chi connectivity index (χ3n) is 5.75. The first-order chi connectivity index (χ1) is 14.6. The number of rotatable bonds is 6. The summed E-state index contributed by atoms with van der Waals surface area (Å²) in [5.74, 6) is 0.711. The minimum Gasteiger partial charge on any atom is -0.348 e. The summed E-state index contributed by atoms with van der Waals surface area (Å²) in [6, 6.07) is 0.140. The fourth-order valence-electron chi connectivity index (χ4n) is 3.84. The number of aryl methyl sites for hydroxylation is 1. The number of likely N-dealkylation sites (N-methyl/N-ethyl adjacent to an activating group) is 1. The van der Waals surface area contributed by atoms with Crippen molar-refractivity contribution >= 4 is 23.0 Å². The normalized spacial score (nSPS) is 16.6. The van der Waals surface area contributed by atoms with E-state index in [-0.39, 0.29) is 24.1 Å². The molecule has 2 aromatic rings. The summed E-state index contributed by atoms with van der Waals surface area (Å²) in [6.07, 6.45) is 3.95. The zero-order valence-corrected chi connectivity index (χ0v) is 19.3. The average molecular weight is 432 g/mol. The van der Waals surface area contributed by atoms with Crippen molar-refractivity contribution in [3.05, 3.63) is 32.5 Å². The summed E-state index contributed by atoms with van der Waals surface area (Å²) in [5.41, 5.74) is 1.21. The molecule has 1 aliphatic heterocycles. The lowest BCUT2D eigenvalue weighted by Crippen LogP contribution is -2.49. The summed E-state index contributed by atoms with van der Waals surface area (Å²) in [4.78, 5) is 45.8. The number of hydrogen-bond acceptors (Lipinski definition) is 6. The minimum atomic E-state index is -0.392. The summed E-state index contributed by atoms with van der Waals surface area (Å²) >= 11 is 0. The molecule has 2 aromatic heterocycles. The third kappa shape index (κ3) is 4.58. The molecule has 3 rings (SSSR count). The minimum absolute atomic E-state index is 0.0337. The first-order valence-electron chi connectivity index (χ1n) is 10.6. The smallest absolute Gasteiger partial charge is 0.332 e. The number of piperidine rings is 1. The lowest BCUT2D eigenvalue weighted by Gasteiger charge is -2.34. The number of fused-ring (bicyclic) bond motifs is 1. The molecule has 0 bridgehead atoms. The Morgan fingerprint density at radius 2 is 1.94 bits per heavy atom. The summed E-state index contributed by atoms with van der Waals surface area (Å²) in [6.45, 7) is 6.27. The monoisotopic (exact) mass is 431 g/mol. The van der Waals surface area contributed by atoms with Crippen molar-refractivity contribution in [2.75, 3.05) is 38.6 Å². The topological polar surface area (TPSA) is 97.4 Å². The maximum absolute atomic E-state index is 13.0. The molecule has 0 aromatic carbocycles. The van der Waals surface area contributed by atoms with E-state index in [0.29, 0.717) is 30.2 Å². The highest BCUT2D eigenvalue weighted by Gasteiger charge is 2.27.